The number of benzene rings is 1. The SMILES string of the molecule is CC(NC(=O)c1cccc(C(F)(F)F)c1)C1CCCCN1. The molecule has 1 amide bonds. The highest BCUT2D eigenvalue weighted by Gasteiger charge is 2.31. The number of hydrogen-bond acceptors (Lipinski definition) is 2. The molecule has 1 heterocycles. The van der Waals surface area contributed by atoms with Gasteiger partial charge < -0.3 is 10.6 Å². The Kier molecular flexibility index (Phi) is 4.88. The van der Waals surface area contributed by atoms with E-state index in [1.807, 2.05) is 6.92 Å². The van der Waals surface area contributed by atoms with Gasteiger partial charge in [0.15, 0.2) is 0 Å². The van der Waals surface area contributed by atoms with E-state index in [0.29, 0.717) is 0 Å². The number of carbonyl (C=O) groups is 1. The molecule has 0 aromatic heterocycles. The molecule has 1 aliphatic rings. The highest BCUT2D eigenvalue weighted by molar-refractivity contribution is 5.94. The molecule has 116 valence electrons. The maximum Gasteiger partial charge on any atom is 0.416 e. The van der Waals surface area contributed by atoms with Gasteiger partial charge in [0.05, 0.1) is 5.56 Å². The van der Waals surface area contributed by atoms with Crippen molar-refractivity contribution in [3.8, 4) is 0 Å². The van der Waals surface area contributed by atoms with Crippen LogP contribution in [0.25, 0.3) is 0 Å². The minimum atomic E-state index is -4.44. The number of nitrogens with one attached hydrogen (secondary N) is 2. The van der Waals surface area contributed by atoms with Crippen LogP contribution in [0, 0.1) is 0 Å². The second-order valence-corrected chi connectivity index (χ2v) is 5.40. The number of piperidine rings is 1. The smallest absolute Gasteiger partial charge is 0.348 e. The molecule has 1 aromatic carbocycles. The highest BCUT2D eigenvalue weighted by atomic mass is 19.4. The van der Waals surface area contributed by atoms with Gasteiger partial charge in [-0.05, 0) is 44.5 Å². The molecule has 1 fully saturated rings. The summed E-state index contributed by atoms with van der Waals surface area (Å²) in [6.45, 7) is 2.78. The summed E-state index contributed by atoms with van der Waals surface area (Å²) in [6, 6.07) is 4.55. The first-order valence-electron chi connectivity index (χ1n) is 7.09. The molecule has 6 heteroatoms. The van der Waals surface area contributed by atoms with Crippen molar-refractivity contribution in [1.82, 2.24) is 10.6 Å². The van der Waals surface area contributed by atoms with Crippen molar-refractivity contribution < 1.29 is 18.0 Å². The first-order valence-corrected chi connectivity index (χ1v) is 7.09. The molecule has 3 nitrogen and oxygen atoms in total. The fourth-order valence-corrected chi connectivity index (χ4v) is 2.53. The molecule has 0 bridgehead atoms. The largest absolute Gasteiger partial charge is 0.416 e. The predicted octanol–water partition coefficient (Wildman–Crippen LogP) is 2.97. The first kappa shape index (κ1) is 15.8. The van der Waals surface area contributed by atoms with Gasteiger partial charge in [-0.2, -0.15) is 13.2 Å². The third-order valence-electron chi connectivity index (χ3n) is 3.76. The predicted molar refractivity (Wildman–Crippen MR) is 74.0 cm³/mol. The third-order valence-corrected chi connectivity index (χ3v) is 3.76. The van der Waals surface area contributed by atoms with Crippen LogP contribution in [0.3, 0.4) is 0 Å². The lowest BCUT2D eigenvalue weighted by atomic mass is 9.98. The fraction of sp³-hybridized carbons (Fsp3) is 0.533. The second-order valence-electron chi connectivity index (χ2n) is 5.40. The molecule has 1 saturated heterocycles. The lowest BCUT2D eigenvalue weighted by Crippen LogP contribution is -2.50. The molecule has 2 atom stereocenters. The van der Waals surface area contributed by atoms with Crippen molar-refractivity contribution in [2.24, 2.45) is 0 Å². The quantitative estimate of drug-likeness (QED) is 0.901. The maximum absolute atomic E-state index is 12.6. The van der Waals surface area contributed by atoms with Crippen molar-refractivity contribution in [2.75, 3.05) is 6.54 Å². The number of halogens is 3. The van der Waals surface area contributed by atoms with E-state index in [1.54, 1.807) is 0 Å². The summed E-state index contributed by atoms with van der Waals surface area (Å²) >= 11 is 0. The van der Waals surface area contributed by atoms with E-state index in [0.717, 1.165) is 37.9 Å². The molecular formula is C15H19F3N2O. The van der Waals surface area contributed by atoms with Gasteiger partial charge in [0, 0.05) is 17.6 Å². The zero-order valence-electron chi connectivity index (χ0n) is 11.8. The maximum atomic E-state index is 12.6. The van der Waals surface area contributed by atoms with E-state index in [1.165, 1.54) is 12.1 Å². The zero-order valence-corrected chi connectivity index (χ0v) is 11.8. The topological polar surface area (TPSA) is 41.1 Å². The van der Waals surface area contributed by atoms with Crippen molar-refractivity contribution in [1.29, 1.82) is 0 Å². The normalized spacial score (nSPS) is 20.9. The minimum absolute atomic E-state index is 0.0347. The van der Waals surface area contributed by atoms with Crippen LogP contribution in [-0.4, -0.2) is 24.5 Å². The van der Waals surface area contributed by atoms with Crippen LogP contribution in [0.15, 0.2) is 24.3 Å². The summed E-state index contributed by atoms with van der Waals surface area (Å²) in [7, 11) is 0. The number of carbonyl (C=O) groups excluding carboxylic acids is 1. The molecule has 0 saturated carbocycles. The van der Waals surface area contributed by atoms with E-state index in [4.69, 9.17) is 0 Å². The van der Waals surface area contributed by atoms with Crippen LogP contribution in [0.1, 0.15) is 42.1 Å². The average molecular weight is 300 g/mol. The van der Waals surface area contributed by atoms with Gasteiger partial charge in [0.2, 0.25) is 0 Å². The van der Waals surface area contributed by atoms with E-state index in [-0.39, 0.29) is 17.6 Å². The van der Waals surface area contributed by atoms with Gasteiger partial charge in [0.25, 0.3) is 5.91 Å². The highest BCUT2D eigenvalue weighted by Crippen LogP contribution is 2.29. The Bertz CT molecular complexity index is 496. The molecule has 2 unspecified atom stereocenters. The van der Waals surface area contributed by atoms with Crippen molar-refractivity contribution >= 4 is 5.91 Å². The van der Waals surface area contributed by atoms with Crippen LogP contribution in [-0.2, 0) is 6.18 Å². The Balaban J connectivity index is 2.02. The van der Waals surface area contributed by atoms with Crippen LogP contribution in [0.2, 0.25) is 0 Å². The molecule has 0 aliphatic carbocycles. The lowest BCUT2D eigenvalue weighted by molar-refractivity contribution is -0.137. The lowest BCUT2D eigenvalue weighted by Gasteiger charge is -2.29. The van der Waals surface area contributed by atoms with Gasteiger partial charge in [-0.3, -0.25) is 4.79 Å². The average Bonchev–Trinajstić information content (AvgIpc) is 2.47. The summed E-state index contributed by atoms with van der Waals surface area (Å²) in [5.41, 5.74) is -0.772. The standard InChI is InChI=1S/C15H19F3N2O/c1-10(13-7-2-3-8-19-13)20-14(21)11-5-4-6-12(9-11)15(16,17)18/h4-6,9-10,13,19H,2-3,7-8H2,1H3,(H,20,21). The third kappa shape index (κ3) is 4.20. The Morgan fingerprint density at radius 3 is 2.76 bits per heavy atom. The molecule has 2 rings (SSSR count). The molecule has 0 spiro atoms. The van der Waals surface area contributed by atoms with E-state index >= 15 is 0 Å². The van der Waals surface area contributed by atoms with Crippen molar-refractivity contribution in [2.45, 2.75) is 44.4 Å². The summed E-state index contributed by atoms with van der Waals surface area (Å²) in [6.07, 6.45) is -1.26. The molecule has 1 aromatic rings. The van der Waals surface area contributed by atoms with Crippen LogP contribution < -0.4 is 10.6 Å². The molecule has 0 radical (unpaired) electrons. The monoisotopic (exact) mass is 300 g/mol. The fourth-order valence-electron chi connectivity index (χ4n) is 2.53. The number of alkyl halides is 3. The van der Waals surface area contributed by atoms with Crippen molar-refractivity contribution in [3.05, 3.63) is 35.4 Å². The Labute approximate surface area is 121 Å². The summed E-state index contributed by atoms with van der Waals surface area (Å²) in [4.78, 5) is 12.1. The van der Waals surface area contributed by atoms with Gasteiger partial charge in [-0.25, -0.2) is 0 Å². The van der Waals surface area contributed by atoms with Gasteiger partial charge in [0.1, 0.15) is 0 Å². The van der Waals surface area contributed by atoms with Crippen LogP contribution in [0.5, 0.6) is 0 Å². The van der Waals surface area contributed by atoms with E-state index < -0.39 is 17.6 Å². The van der Waals surface area contributed by atoms with Crippen LogP contribution >= 0.6 is 0 Å². The van der Waals surface area contributed by atoms with Gasteiger partial charge in [-0.1, -0.05) is 12.5 Å². The molecule has 21 heavy (non-hydrogen) atoms. The number of rotatable bonds is 3. The Morgan fingerprint density at radius 2 is 2.14 bits per heavy atom. The second kappa shape index (κ2) is 6.47. The van der Waals surface area contributed by atoms with E-state index in [2.05, 4.69) is 10.6 Å². The number of amides is 1. The molecule has 1 aliphatic heterocycles. The van der Waals surface area contributed by atoms with Gasteiger partial charge in [-0.15, -0.1) is 0 Å². The minimum Gasteiger partial charge on any atom is -0.348 e. The van der Waals surface area contributed by atoms with Crippen molar-refractivity contribution in [3.63, 3.8) is 0 Å². The number of hydrogen-bond donors (Lipinski definition) is 2. The Hall–Kier alpha value is -1.56. The van der Waals surface area contributed by atoms with Gasteiger partial charge >= 0.3 is 6.18 Å². The summed E-state index contributed by atoms with van der Waals surface area (Å²) < 4.78 is 37.9. The molecule has 2 N–H and O–H groups in total. The summed E-state index contributed by atoms with van der Waals surface area (Å²) in [5.74, 6) is -0.471. The Morgan fingerprint density at radius 1 is 1.38 bits per heavy atom. The van der Waals surface area contributed by atoms with Crippen LogP contribution in [0.4, 0.5) is 13.2 Å². The summed E-state index contributed by atoms with van der Waals surface area (Å²) in [5, 5.41) is 6.09. The zero-order chi connectivity index (χ0) is 15.5. The first-order chi connectivity index (χ1) is 9.88. The van der Waals surface area contributed by atoms with E-state index in [9.17, 15) is 18.0 Å². The molecular weight excluding hydrogens is 281 g/mol.